The number of hydrogen-bond acceptors (Lipinski definition) is 4. The Morgan fingerprint density at radius 1 is 1.77 bits per heavy atom. The smallest absolute Gasteiger partial charge is 0.251 e. The second-order valence-corrected chi connectivity index (χ2v) is 2.68. The van der Waals surface area contributed by atoms with Crippen LogP contribution in [0.4, 0.5) is 4.79 Å². The first kappa shape index (κ1) is 11.7. The van der Waals surface area contributed by atoms with Crippen LogP contribution in [-0.4, -0.2) is 55.8 Å². The molecule has 0 N–H and O–H groups in total. The Labute approximate surface area is 78.2 Å². The van der Waals surface area contributed by atoms with Gasteiger partial charge in [0.1, 0.15) is 13.1 Å². The summed E-state index contributed by atoms with van der Waals surface area (Å²) in [4.78, 5) is 11.3. The van der Waals surface area contributed by atoms with E-state index in [2.05, 4.69) is 34.5 Å². The third-order valence-electron chi connectivity index (χ3n) is 1.67. The van der Waals surface area contributed by atoms with Crippen molar-refractivity contribution in [3.8, 4) is 0 Å². The summed E-state index contributed by atoms with van der Waals surface area (Å²) < 4.78 is 5.77. The lowest BCUT2D eigenvalue weighted by Crippen LogP contribution is -2.21. The van der Waals surface area contributed by atoms with Crippen molar-refractivity contribution < 1.29 is 19.2 Å². The van der Waals surface area contributed by atoms with Gasteiger partial charge in [-0.25, -0.2) is 0 Å². The minimum atomic E-state index is -1.50. The van der Waals surface area contributed by atoms with Crippen LogP contribution in [0, 0.1) is 0 Å². The van der Waals surface area contributed by atoms with Crippen LogP contribution in [0.3, 0.4) is 0 Å². The van der Waals surface area contributed by atoms with Gasteiger partial charge in [-0.1, -0.05) is 0 Å². The minimum Gasteiger partial charge on any atom is -0.553 e. The molecular weight excluding hydrogens is 172 g/mol. The minimum absolute atomic E-state index is 1.04. The molecule has 1 aliphatic heterocycles. The topological polar surface area (TPSA) is 55.6 Å². The lowest BCUT2D eigenvalue weighted by molar-refractivity contribution is -0.482. The Bertz CT molecular complexity index is 192. The molecule has 0 bridgehead atoms. The molecule has 0 atom stereocenters. The molecule has 0 spiro atoms. The molecule has 0 radical (unpaired) electrons. The number of carboxylic acid groups (broad SMARTS) is 1. The van der Waals surface area contributed by atoms with Gasteiger partial charge in [0, 0.05) is 7.11 Å². The van der Waals surface area contributed by atoms with E-state index in [9.17, 15) is 0 Å². The van der Waals surface area contributed by atoms with Crippen molar-refractivity contribution in [2.75, 3.05) is 33.8 Å². The average Bonchev–Trinajstić information content (AvgIpc) is 2.52. The summed E-state index contributed by atoms with van der Waals surface area (Å²) in [5.74, 6) is 0. The van der Waals surface area contributed by atoms with Crippen molar-refractivity contribution in [1.82, 2.24) is 4.90 Å². The zero-order chi connectivity index (χ0) is 10.3. The molecule has 5 nitrogen and oxygen atoms in total. The Morgan fingerprint density at radius 3 is 2.46 bits per heavy atom. The van der Waals surface area contributed by atoms with Crippen LogP contribution in [0.15, 0.2) is 0 Å². The number of methoxy groups -OCH3 is 1. The van der Waals surface area contributed by atoms with Gasteiger partial charge in [-0.05, 0) is 6.92 Å². The van der Waals surface area contributed by atoms with Crippen molar-refractivity contribution >= 4 is 12.5 Å². The molecule has 0 aliphatic carbocycles. The van der Waals surface area contributed by atoms with Crippen LogP contribution in [0.1, 0.15) is 6.92 Å². The molecule has 1 rings (SSSR count). The normalized spacial score (nSPS) is 14.4. The van der Waals surface area contributed by atoms with Gasteiger partial charge >= 0.3 is 0 Å². The van der Waals surface area contributed by atoms with Crippen LogP contribution in [-0.2, 0) is 4.74 Å². The van der Waals surface area contributed by atoms with E-state index >= 15 is 0 Å². The summed E-state index contributed by atoms with van der Waals surface area (Å²) in [5.41, 5.74) is 0. The van der Waals surface area contributed by atoms with Gasteiger partial charge in [0.15, 0.2) is 0 Å². The second-order valence-electron chi connectivity index (χ2n) is 2.68. The summed E-state index contributed by atoms with van der Waals surface area (Å²) in [6.07, 6.45) is 0.671. The number of ether oxygens (including phenoxy) is 1. The number of rotatable bonds is 1. The predicted molar refractivity (Wildman–Crippen MR) is 46.8 cm³/mol. The fourth-order valence-corrected chi connectivity index (χ4v) is 0.920. The van der Waals surface area contributed by atoms with Crippen molar-refractivity contribution in [3.63, 3.8) is 0 Å². The number of carbonyl (C=O) groups is 1. The molecular formula is C8H16N2O3. The highest BCUT2D eigenvalue weighted by Crippen LogP contribution is 1.88. The zero-order valence-corrected chi connectivity index (χ0v) is 8.32. The van der Waals surface area contributed by atoms with E-state index in [1.165, 1.54) is 13.1 Å². The zero-order valence-electron chi connectivity index (χ0n) is 8.32. The maximum atomic E-state index is 9.03. The highest BCUT2D eigenvalue weighted by atomic mass is 16.6. The van der Waals surface area contributed by atoms with E-state index in [1.54, 1.807) is 0 Å². The Morgan fingerprint density at radius 2 is 2.31 bits per heavy atom. The largest absolute Gasteiger partial charge is 0.553 e. The third-order valence-corrected chi connectivity index (χ3v) is 1.67. The van der Waals surface area contributed by atoms with Gasteiger partial charge < -0.3 is 14.6 Å². The van der Waals surface area contributed by atoms with Gasteiger partial charge in [-0.15, -0.1) is 0 Å². The highest BCUT2D eigenvalue weighted by molar-refractivity contribution is 5.53. The Kier molecular flexibility index (Phi) is 5.67. The van der Waals surface area contributed by atoms with Crippen molar-refractivity contribution in [3.05, 3.63) is 0 Å². The van der Waals surface area contributed by atoms with E-state index < -0.39 is 6.16 Å². The summed E-state index contributed by atoms with van der Waals surface area (Å²) in [6.45, 7) is 5.71. The van der Waals surface area contributed by atoms with E-state index in [-0.39, 0.29) is 0 Å². The van der Waals surface area contributed by atoms with E-state index in [1.807, 2.05) is 0 Å². The second kappa shape index (κ2) is 6.28. The van der Waals surface area contributed by atoms with Crippen molar-refractivity contribution in [1.29, 1.82) is 0 Å². The molecule has 0 saturated heterocycles. The molecule has 1 aliphatic rings. The summed E-state index contributed by atoms with van der Waals surface area (Å²) in [6, 6.07) is 0. The maximum absolute atomic E-state index is 9.03. The third kappa shape index (κ3) is 5.95. The van der Waals surface area contributed by atoms with E-state index in [4.69, 9.17) is 9.90 Å². The molecule has 5 heteroatoms. The average molecular weight is 188 g/mol. The molecule has 76 valence electrons. The molecule has 1 heterocycles. The number of nitrogens with zero attached hydrogens (tertiary/aromatic N) is 2. The SMILES string of the molecule is CCN1C=[N+](C)CC1.COC(=O)[O-]. The Hall–Kier alpha value is -1.26. The van der Waals surface area contributed by atoms with Crippen LogP contribution in [0.5, 0.6) is 0 Å². The first-order chi connectivity index (χ1) is 6.10. The van der Waals surface area contributed by atoms with Crippen LogP contribution in [0.25, 0.3) is 0 Å². The molecule has 0 saturated carbocycles. The molecule has 0 aromatic heterocycles. The fourth-order valence-electron chi connectivity index (χ4n) is 0.920. The Balaban J connectivity index is 0.000000252. The van der Waals surface area contributed by atoms with Gasteiger partial charge in [0.05, 0.1) is 13.6 Å². The molecule has 13 heavy (non-hydrogen) atoms. The number of carbonyl (C=O) groups excluding carboxylic acids is 1. The van der Waals surface area contributed by atoms with Crippen LogP contribution < -0.4 is 5.11 Å². The summed E-state index contributed by atoms with van der Waals surface area (Å²) in [5, 5.41) is 9.03. The number of hydrogen-bond donors (Lipinski definition) is 0. The van der Waals surface area contributed by atoms with E-state index in [0.717, 1.165) is 13.7 Å². The lowest BCUT2D eigenvalue weighted by atomic mass is 10.6. The first-order valence-corrected chi connectivity index (χ1v) is 4.14. The molecule has 0 aromatic carbocycles. The molecule has 0 unspecified atom stereocenters. The van der Waals surface area contributed by atoms with Crippen molar-refractivity contribution in [2.24, 2.45) is 0 Å². The highest BCUT2D eigenvalue weighted by Gasteiger charge is 2.12. The summed E-state index contributed by atoms with van der Waals surface area (Å²) in [7, 11) is 3.14. The van der Waals surface area contributed by atoms with Gasteiger partial charge in [0.25, 0.3) is 6.16 Å². The van der Waals surface area contributed by atoms with Gasteiger partial charge in [-0.3, -0.25) is 9.48 Å². The van der Waals surface area contributed by atoms with E-state index in [0.29, 0.717) is 0 Å². The van der Waals surface area contributed by atoms with Crippen LogP contribution in [0.2, 0.25) is 0 Å². The maximum Gasteiger partial charge on any atom is 0.251 e. The first-order valence-electron chi connectivity index (χ1n) is 4.14. The molecule has 0 fully saturated rings. The predicted octanol–water partition coefficient (Wildman–Crippen LogP) is -1.03. The van der Waals surface area contributed by atoms with Gasteiger partial charge in [0.2, 0.25) is 6.34 Å². The standard InChI is InChI=1S/C6H13N2.C2H4O3/c1-3-8-5-4-7(2)6-8;1-5-2(3)4/h6H,3-5H2,1-2H3;1H3,(H,3,4)/q+1;/p-1. The molecule has 0 amide bonds. The molecule has 0 aromatic rings. The van der Waals surface area contributed by atoms with Crippen molar-refractivity contribution in [2.45, 2.75) is 6.92 Å². The number of likely N-dealkylation sites (N-methyl/N-ethyl adjacent to an activating group) is 2. The van der Waals surface area contributed by atoms with Crippen LogP contribution >= 0.6 is 0 Å². The fraction of sp³-hybridized carbons (Fsp3) is 0.750. The quantitative estimate of drug-likeness (QED) is 0.390. The lowest BCUT2D eigenvalue weighted by Gasteiger charge is -1.98. The monoisotopic (exact) mass is 188 g/mol. The summed E-state index contributed by atoms with van der Waals surface area (Å²) >= 11 is 0. The van der Waals surface area contributed by atoms with Gasteiger partial charge in [-0.2, -0.15) is 0 Å².